The second-order valence-electron chi connectivity index (χ2n) is 4.63. The Kier molecular flexibility index (Phi) is 5.24. The van der Waals surface area contributed by atoms with Crippen molar-refractivity contribution in [3.05, 3.63) is 11.6 Å². The third kappa shape index (κ3) is 3.83. The molecule has 1 saturated carbocycles. The maximum atomic E-state index is 10.0. The number of hydrogen-bond acceptors (Lipinski definition) is 1. The normalized spacial score (nSPS) is 22.4. The first kappa shape index (κ1) is 11.8. The first-order valence-corrected chi connectivity index (χ1v) is 6.07. The summed E-state index contributed by atoms with van der Waals surface area (Å²) in [5.41, 5.74) is 1.35. The van der Waals surface area contributed by atoms with E-state index in [2.05, 4.69) is 19.9 Å². The highest BCUT2D eigenvalue weighted by Gasteiger charge is 2.21. The molecule has 1 atom stereocenters. The monoisotopic (exact) mass is 196 g/mol. The lowest BCUT2D eigenvalue weighted by molar-refractivity contribution is 0.0850. The molecule has 0 aromatic rings. The van der Waals surface area contributed by atoms with Gasteiger partial charge in [-0.2, -0.15) is 0 Å². The number of aliphatic hydroxyl groups excluding tert-OH is 1. The number of aliphatic hydroxyl groups is 1. The molecule has 0 saturated heterocycles. The van der Waals surface area contributed by atoms with E-state index in [9.17, 15) is 5.11 Å². The molecule has 1 aliphatic carbocycles. The van der Waals surface area contributed by atoms with E-state index < -0.39 is 0 Å². The quantitative estimate of drug-likeness (QED) is 0.680. The lowest BCUT2D eigenvalue weighted by Gasteiger charge is -2.26. The van der Waals surface area contributed by atoms with E-state index in [-0.39, 0.29) is 6.10 Å². The van der Waals surface area contributed by atoms with Crippen LogP contribution in [0.3, 0.4) is 0 Å². The van der Waals surface area contributed by atoms with Gasteiger partial charge in [-0.1, -0.05) is 37.8 Å². The second-order valence-corrected chi connectivity index (χ2v) is 4.63. The highest BCUT2D eigenvalue weighted by atomic mass is 16.3. The van der Waals surface area contributed by atoms with E-state index in [1.54, 1.807) is 0 Å². The minimum Gasteiger partial charge on any atom is -0.393 e. The molecule has 1 fully saturated rings. The summed E-state index contributed by atoms with van der Waals surface area (Å²) in [5.74, 6) is 0.573. The Morgan fingerprint density at radius 1 is 1.36 bits per heavy atom. The Morgan fingerprint density at radius 2 is 2.00 bits per heavy atom. The van der Waals surface area contributed by atoms with Gasteiger partial charge >= 0.3 is 0 Å². The number of hydrogen-bond donors (Lipinski definition) is 1. The van der Waals surface area contributed by atoms with Crippen LogP contribution in [0.5, 0.6) is 0 Å². The summed E-state index contributed by atoms with van der Waals surface area (Å²) in [6, 6.07) is 0. The minimum atomic E-state index is -0.0851. The van der Waals surface area contributed by atoms with Gasteiger partial charge in [0.2, 0.25) is 0 Å². The van der Waals surface area contributed by atoms with E-state index in [1.807, 2.05) is 0 Å². The highest BCUT2D eigenvalue weighted by molar-refractivity contribution is 4.99. The van der Waals surface area contributed by atoms with Crippen LogP contribution >= 0.6 is 0 Å². The van der Waals surface area contributed by atoms with Gasteiger partial charge in [-0.3, -0.25) is 0 Å². The molecule has 1 aliphatic rings. The van der Waals surface area contributed by atoms with Crippen molar-refractivity contribution in [2.24, 2.45) is 5.92 Å². The van der Waals surface area contributed by atoms with Gasteiger partial charge in [0, 0.05) is 0 Å². The molecular weight excluding hydrogens is 172 g/mol. The Balaban J connectivity index is 2.32. The van der Waals surface area contributed by atoms with Crippen molar-refractivity contribution in [2.45, 2.75) is 64.9 Å². The first-order chi connectivity index (χ1) is 6.74. The van der Waals surface area contributed by atoms with Gasteiger partial charge in [-0.25, -0.2) is 0 Å². The van der Waals surface area contributed by atoms with Gasteiger partial charge in [0.05, 0.1) is 6.10 Å². The summed E-state index contributed by atoms with van der Waals surface area (Å²) in [7, 11) is 0. The first-order valence-electron chi connectivity index (χ1n) is 6.07. The predicted octanol–water partition coefficient (Wildman–Crippen LogP) is 3.67. The van der Waals surface area contributed by atoms with Crippen molar-refractivity contribution in [1.82, 2.24) is 0 Å². The van der Waals surface area contributed by atoms with Crippen LogP contribution in [0.4, 0.5) is 0 Å². The fourth-order valence-electron chi connectivity index (χ4n) is 2.45. The third-order valence-electron chi connectivity index (χ3n) is 3.28. The standard InChI is InChI=1S/C13H24O/c1-3-7-11(2)10-13(14)12-8-5-4-6-9-12/h7,12-14H,3-6,8-10H2,1-2H3/b11-7+. The second kappa shape index (κ2) is 6.23. The number of allylic oxidation sites excluding steroid dienone is 1. The van der Waals surface area contributed by atoms with Gasteiger partial charge in [-0.15, -0.1) is 0 Å². The Morgan fingerprint density at radius 3 is 2.57 bits per heavy atom. The summed E-state index contributed by atoms with van der Waals surface area (Å²) in [5, 5.41) is 10.0. The van der Waals surface area contributed by atoms with Gasteiger partial charge in [0.15, 0.2) is 0 Å². The van der Waals surface area contributed by atoms with E-state index in [0.717, 1.165) is 12.8 Å². The molecule has 1 N–H and O–H groups in total. The minimum absolute atomic E-state index is 0.0851. The molecule has 0 spiro atoms. The Hall–Kier alpha value is -0.300. The Bertz CT molecular complexity index is 178. The van der Waals surface area contributed by atoms with Crippen LogP contribution in [0.15, 0.2) is 11.6 Å². The highest BCUT2D eigenvalue weighted by Crippen LogP contribution is 2.28. The van der Waals surface area contributed by atoms with Crippen LogP contribution in [0.2, 0.25) is 0 Å². The van der Waals surface area contributed by atoms with Crippen molar-refractivity contribution in [3.63, 3.8) is 0 Å². The van der Waals surface area contributed by atoms with Crippen molar-refractivity contribution in [1.29, 1.82) is 0 Å². The van der Waals surface area contributed by atoms with E-state index in [1.165, 1.54) is 37.7 Å². The van der Waals surface area contributed by atoms with Crippen LogP contribution in [-0.2, 0) is 0 Å². The molecule has 0 heterocycles. The summed E-state index contributed by atoms with van der Waals surface area (Å²) in [6.07, 6.45) is 10.6. The lowest BCUT2D eigenvalue weighted by atomic mass is 9.83. The summed E-state index contributed by atoms with van der Waals surface area (Å²) in [6.45, 7) is 4.28. The zero-order valence-corrected chi connectivity index (χ0v) is 9.63. The fraction of sp³-hybridized carbons (Fsp3) is 0.846. The molecule has 0 aromatic carbocycles. The van der Waals surface area contributed by atoms with E-state index in [0.29, 0.717) is 5.92 Å². The SMILES string of the molecule is CC/C=C(\C)CC(O)C1CCCCC1. The van der Waals surface area contributed by atoms with Crippen molar-refractivity contribution in [3.8, 4) is 0 Å². The summed E-state index contributed by atoms with van der Waals surface area (Å²) in [4.78, 5) is 0. The maximum Gasteiger partial charge on any atom is 0.0605 e. The largest absolute Gasteiger partial charge is 0.393 e. The summed E-state index contributed by atoms with van der Waals surface area (Å²) < 4.78 is 0. The molecular formula is C13H24O. The van der Waals surface area contributed by atoms with Crippen LogP contribution in [0.25, 0.3) is 0 Å². The van der Waals surface area contributed by atoms with Crippen LogP contribution in [-0.4, -0.2) is 11.2 Å². The van der Waals surface area contributed by atoms with Crippen molar-refractivity contribution in [2.75, 3.05) is 0 Å². The molecule has 1 unspecified atom stereocenters. The molecule has 1 heteroatoms. The fourth-order valence-corrected chi connectivity index (χ4v) is 2.45. The zero-order chi connectivity index (χ0) is 10.4. The van der Waals surface area contributed by atoms with Crippen LogP contribution in [0, 0.1) is 5.92 Å². The van der Waals surface area contributed by atoms with Crippen molar-refractivity contribution < 1.29 is 5.11 Å². The topological polar surface area (TPSA) is 20.2 Å². The van der Waals surface area contributed by atoms with E-state index >= 15 is 0 Å². The molecule has 0 aromatic heterocycles. The predicted molar refractivity (Wildman–Crippen MR) is 61.2 cm³/mol. The van der Waals surface area contributed by atoms with Gasteiger partial charge < -0.3 is 5.11 Å². The van der Waals surface area contributed by atoms with Crippen LogP contribution in [0.1, 0.15) is 58.8 Å². The Labute approximate surface area is 88.2 Å². The molecule has 0 bridgehead atoms. The summed E-state index contributed by atoms with van der Waals surface area (Å²) >= 11 is 0. The van der Waals surface area contributed by atoms with Gasteiger partial charge in [0.1, 0.15) is 0 Å². The molecule has 14 heavy (non-hydrogen) atoms. The smallest absolute Gasteiger partial charge is 0.0605 e. The molecule has 82 valence electrons. The molecule has 0 aliphatic heterocycles. The van der Waals surface area contributed by atoms with Gasteiger partial charge in [-0.05, 0) is 38.5 Å². The zero-order valence-electron chi connectivity index (χ0n) is 9.63. The third-order valence-corrected chi connectivity index (χ3v) is 3.28. The number of rotatable bonds is 4. The molecule has 1 nitrogen and oxygen atoms in total. The lowest BCUT2D eigenvalue weighted by Crippen LogP contribution is -2.23. The molecule has 0 amide bonds. The average molecular weight is 196 g/mol. The van der Waals surface area contributed by atoms with Crippen LogP contribution < -0.4 is 0 Å². The van der Waals surface area contributed by atoms with E-state index in [4.69, 9.17) is 0 Å². The average Bonchev–Trinajstić information content (AvgIpc) is 2.19. The van der Waals surface area contributed by atoms with Gasteiger partial charge in [0.25, 0.3) is 0 Å². The maximum absolute atomic E-state index is 10.0. The van der Waals surface area contributed by atoms with Crippen molar-refractivity contribution >= 4 is 0 Å². The molecule has 1 rings (SSSR count). The molecule has 0 radical (unpaired) electrons.